The second kappa shape index (κ2) is 5.06. The van der Waals surface area contributed by atoms with E-state index in [2.05, 4.69) is 40.3 Å². The Bertz CT molecular complexity index is 761. The lowest BCUT2D eigenvalue weighted by Gasteiger charge is -2.27. The molecular weight excluding hydrogens is 268 g/mol. The van der Waals surface area contributed by atoms with Gasteiger partial charge in [0.25, 0.3) is 0 Å². The van der Waals surface area contributed by atoms with Crippen molar-refractivity contribution in [2.45, 2.75) is 0 Å². The van der Waals surface area contributed by atoms with Crippen molar-refractivity contribution in [3.8, 4) is 11.4 Å². The Morgan fingerprint density at radius 3 is 2.76 bits per heavy atom. The smallest absolute Gasteiger partial charge is 0.225 e. The lowest BCUT2D eigenvalue weighted by atomic mass is 10.2. The SMILES string of the molecule is c1cc(-c2[nH]nc3nccnc23)nc(N2CCNCC2)n1. The summed E-state index contributed by atoms with van der Waals surface area (Å²) in [6.45, 7) is 3.72. The summed E-state index contributed by atoms with van der Waals surface area (Å²) in [6.07, 6.45) is 5.04. The number of aromatic nitrogens is 6. The molecule has 4 heterocycles. The number of hydrogen-bond donors (Lipinski definition) is 2. The molecule has 106 valence electrons. The Kier molecular flexibility index (Phi) is 2.93. The summed E-state index contributed by atoms with van der Waals surface area (Å²) >= 11 is 0. The Morgan fingerprint density at radius 2 is 1.86 bits per heavy atom. The number of nitrogens with one attached hydrogen (secondary N) is 2. The van der Waals surface area contributed by atoms with Crippen LogP contribution < -0.4 is 10.2 Å². The number of fused-ring (bicyclic) bond motifs is 1. The molecule has 0 unspecified atom stereocenters. The molecule has 2 N–H and O–H groups in total. The standard InChI is InChI=1S/C13H14N8/c1-2-17-13(21-7-5-14-6-8-21)18-9(1)10-11-12(20-19-10)16-4-3-15-11/h1-4,14H,5-8H2,(H,16,19,20). The maximum Gasteiger partial charge on any atom is 0.225 e. The largest absolute Gasteiger partial charge is 0.338 e. The van der Waals surface area contributed by atoms with Gasteiger partial charge < -0.3 is 10.2 Å². The molecule has 0 aliphatic carbocycles. The van der Waals surface area contributed by atoms with E-state index in [4.69, 9.17) is 0 Å². The van der Waals surface area contributed by atoms with Crippen LogP contribution in [0.2, 0.25) is 0 Å². The molecule has 1 fully saturated rings. The Balaban J connectivity index is 1.75. The van der Waals surface area contributed by atoms with Crippen LogP contribution in [0.5, 0.6) is 0 Å². The zero-order chi connectivity index (χ0) is 14.1. The highest BCUT2D eigenvalue weighted by atomic mass is 15.3. The predicted molar refractivity (Wildman–Crippen MR) is 77.8 cm³/mol. The topological polar surface area (TPSA) is 95.5 Å². The van der Waals surface area contributed by atoms with Gasteiger partial charge in [0.05, 0.1) is 5.69 Å². The van der Waals surface area contributed by atoms with E-state index < -0.39 is 0 Å². The van der Waals surface area contributed by atoms with E-state index in [-0.39, 0.29) is 0 Å². The molecule has 1 saturated heterocycles. The van der Waals surface area contributed by atoms with Gasteiger partial charge in [0.1, 0.15) is 11.2 Å². The van der Waals surface area contributed by atoms with E-state index in [1.165, 1.54) is 0 Å². The van der Waals surface area contributed by atoms with E-state index in [9.17, 15) is 0 Å². The van der Waals surface area contributed by atoms with Crippen LogP contribution in [0.25, 0.3) is 22.6 Å². The first kappa shape index (κ1) is 12.2. The van der Waals surface area contributed by atoms with Crippen molar-refractivity contribution in [1.82, 2.24) is 35.5 Å². The van der Waals surface area contributed by atoms with Crippen LogP contribution >= 0.6 is 0 Å². The van der Waals surface area contributed by atoms with Gasteiger partial charge in [-0.3, -0.25) is 5.10 Å². The first-order chi connectivity index (χ1) is 10.4. The zero-order valence-electron chi connectivity index (χ0n) is 11.3. The minimum absolute atomic E-state index is 0.592. The fraction of sp³-hybridized carbons (Fsp3) is 0.308. The lowest BCUT2D eigenvalue weighted by molar-refractivity contribution is 0.580. The lowest BCUT2D eigenvalue weighted by Crippen LogP contribution is -2.44. The van der Waals surface area contributed by atoms with E-state index in [0.717, 1.165) is 49.0 Å². The van der Waals surface area contributed by atoms with Crippen molar-refractivity contribution in [3.63, 3.8) is 0 Å². The molecule has 3 aromatic heterocycles. The predicted octanol–water partition coefficient (Wildman–Crippen LogP) is 0.219. The number of aromatic amines is 1. The van der Waals surface area contributed by atoms with Gasteiger partial charge in [0, 0.05) is 44.8 Å². The molecule has 0 atom stereocenters. The van der Waals surface area contributed by atoms with Crippen molar-refractivity contribution in [3.05, 3.63) is 24.7 Å². The maximum absolute atomic E-state index is 4.64. The van der Waals surface area contributed by atoms with Gasteiger partial charge in [-0.05, 0) is 6.07 Å². The van der Waals surface area contributed by atoms with E-state index in [0.29, 0.717) is 5.65 Å². The van der Waals surface area contributed by atoms with E-state index in [1.807, 2.05) is 6.07 Å². The van der Waals surface area contributed by atoms with Crippen LogP contribution in [0.4, 0.5) is 5.95 Å². The summed E-state index contributed by atoms with van der Waals surface area (Å²) in [5.41, 5.74) is 2.87. The highest BCUT2D eigenvalue weighted by Crippen LogP contribution is 2.22. The summed E-state index contributed by atoms with van der Waals surface area (Å²) < 4.78 is 0. The first-order valence-corrected chi connectivity index (χ1v) is 6.86. The Labute approximate surface area is 120 Å². The molecule has 21 heavy (non-hydrogen) atoms. The highest BCUT2D eigenvalue weighted by Gasteiger charge is 2.16. The summed E-state index contributed by atoms with van der Waals surface area (Å²) in [6, 6.07) is 1.85. The Hall–Kier alpha value is -2.61. The molecule has 1 aliphatic rings. The molecule has 0 amide bonds. The van der Waals surface area contributed by atoms with Crippen LogP contribution in [-0.4, -0.2) is 56.3 Å². The van der Waals surface area contributed by atoms with Gasteiger partial charge in [-0.15, -0.1) is 0 Å². The second-order valence-corrected chi connectivity index (χ2v) is 4.81. The second-order valence-electron chi connectivity index (χ2n) is 4.81. The first-order valence-electron chi connectivity index (χ1n) is 6.86. The molecule has 0 spiro atoms. The van der Waals surface area contributed by atoms with Gasteiger partial charge in [-0.1, -0.05) is 0 Å². The molecule has 3 aromatic rings. The van der Waals surface area contributed by atoms with Gasteiger partial charge in [-0.2, -0.15) is 5.10 Å². The number of anilines is 1. The van der Waals surface area contributed by atoms with Crippen molar-refractivity contribution in [1.29, 1.82) is 0 Å². The third kappa shape index (κ3) is 2.19. The van der Waals surface area contributed by atoms with Gasteiger partial charge in [0.15, 0.2) is 5.65 Å². The van der Waals surface area contributed by atoms with E-state index >= 15 is 0 Å². The van der Waals surface area contributed by atoms with Gasteiger partial charge in [-0.25, -0.2) is 19.9 Å². The summed E-state index contributed by atoms with van der Waals surface area (Å²) in [5, 5.41) is 10.4. The van der Waals surface area contributed by atoms with Crippen molar-refractivity contribution >= 4 is 17.1 Å². The van der Waals surface area contributed by atoms with Crippen LogP contribution in [-0.2, 0) is 0 Å². The van der Waals surface area contributed by atoms with Gasteiger partial charge in [0.2, 0.25) is 5.95 Å². The molecule has 8 heteroatoms. The van der Waals surface area contributed by atoms with Crippen LogP contribution in [0.3, 0.4) is 0 Å². The average Bonchev–Trinajstić information content (AvgIpc) is 3.00. The van der Waals surface area contributed by atoms with Crippen LogP contribution in [0.1, 0.15) is 0 Å². The minimum atomic E-state index is 0.592. The van der Waals surface area contributed by atoms with Crippen LogP contribution in [0, 0.1) is 0 Å². The molecular formula is C13H14N8. The fourth-order valence-corrected chi connectivity index (χ4v) is 2.43. The Morgan fingerprint density at radius 1 is 1.00 bits per heavy atom. The summed E-state index contributed by atoms with van der Waals surface area (Å²) in [7, 11) is 0. The molecule has 0 radical (unpaired) electrons. The molecule has 0 saturated carbocycles. The average molecular weight is 282 g/mol. The maximum atomic E-state index is 4.64. The summed E-state index contributed by atoms with van der Waals surface area (Å²) in [4.78, 5) is 19.7. The van der Waals surface area contributed by atoms with Crippen molar-refractivity contribution < 1.29 is 0 Å². The third-order valence-corrected chi connectivity index (χ3v) is 3.49. The summed E-state index contributed by atoms with van der Waals surface area (Å²) in [5.74, 6) is 0.737. The molecule has 8 nitrogen and oxygen atoms in total. The number of hydrogen-bond acceptors (Lipinski definition) is 7. The van der Waals surface area contributed by atoms with Crippen molar-refractivity contribution in [2.75, 3.05) is 31.1 Å². The van der Waals surface area contributed by atoms with E-state index in [1.54, 1.807) is 18.6 Å². The highest BCUT2D eigenvalue weighted by molar-refractivity contribution is 5.85. The fourth-order valence-electron chi connectivity index (χ4n) is 2.43. The molecule has 4 rings (SSSR count). The molecule has 0 bridgehead atoms. The normalized spacial score (nSPS) is 15.5. The number of H-pyrrole nitrogens is 1. The number of rotatable bonds is 2. The quantitative estimate of drug-likeness (QED) is 0.694. The molecule has 0 aromatic carbocycles. The monoisotopic (exact) mass is 282 g/mol. The minimum Gasteiger partial charge on any atom is -0.338 e. The van der Waals surface area contributed by atoms with Crippen molar-refractivity contribution in [2.24, 2.45) is 0 Å². The zero-order valence-corrected chi connectivity index (χ0v) is 11.3. The third-order valence-electron chi connectivity index (χ3n) is 3.49. The van der Waals surface area contributed by atoms with Gasteiger partial charge >= 0.3 is 0 Å². The molecule has 1 aliphatic heterocycles. The van der Waals surface area contributed by atoms with Crippen LogP contribution in [0.15, 0.2) is 24.7 Å². The number of piperazine rings is 1. The number of nitrogens with zero attached hydrogens (tertiary/aromatic N) is 6.